The first kappa shape index (κ1) is 23.4. The third kappa shape index (κ3) is 4.18. The van der Waals surface area contributed by atoms with Crippen molar-refractivity contribution in [3.05, 3.63) is 33.7 Å². The zero-order valence-electron chi connectivity index (χ0n) is 19.2. The molecule has 5 rings (SSSR count). The summed E-state index contributed by atoms with van der Waals surface area (Å²) in [5.74, 6) is -2.97. The molecule has 184 valence electrons. The molecule has 0 bridgehead atoms. The topological polar surface area (TPSA) is 137 Å². The molecule has 2 aromatic rings. The van der Waals surface area contributed by atoms with Gasteiger partial charge >= 0.3 is 11.6 Å². The maximum absolute atomic E-state index is 13.1. The van der Waals surface area contributed by atoms with E-state index in [-0.39, 0.29) is 17.9 Å². The van der Waals surface area contributed by atoms with Crippen molar-refractivity contribution in [1.82, 2.24) is 5.32 Å². The number of benzene rings is 1. The molecule has 0 spiro atoms. The number of imide groups is 1. The number of rotatable bonds is 6. The molecule has 4 heterocycles. The Morgan fingerprint density at radius 2 is 1.94 bits per heavy atom. The zero-order valence-corrected chi connectivity index (χ0v) is 20.0. The molecule has 2 N–H and O–H groups in total. The van der Waals surface area contributed by atoms with Crippen LogP contribution in [0.15, 0.2) is 21.3 Å². The van der Waals surface area contributed by atoms with Gasteiger partial charge in [0, 0.05) is 48.8 Å². The smallest absolute Gasteiger partial charge is 0.360 e. The highest BCUT2D eigenvalue weighted by atomic mass is 32.2. The summed E-state index contributed by atoms with van der Waals surface area (Å²) in [6.07, 6.45) is 3.56. The van der Waals surface area contributed by atoms with Crippen LogP contribution in [0.25, 0.3) is 11.0 Å². The van der Waals surface area contributed by atoms with Gasteiger partial charge in [-0.2, -0.15) is 0 Å². The van der Waals surface area contributed by atoms with Crippen molar-refractivity contribution in [3.63, 3.8) is 0 Å². The molecule has 0 aliphatic carbocycles. The van der Waals surface area contributed by atoms with Crippen LogP contribution in [-0.2, 0) is 32.0 Å². The first-order valence-corrected chi connectivity index (χ1v) is 12.7. The number of carbonyl (C=O) groups is 4. The molecule has 0 saturated carbocycles. The normalized spacial score (nSPS) is 20.2. The molecule has 10 nitrogen and oxygen atoms in total. The fourth-order valence-corrected chi connectivity index (χ4v) is 6.37. The van der Waals surface area contributed by atoms with Crippen molar-refractivity contribution in [2.45, 2.75) is 50.3 Å². The van der Waals surface area contributed by atoms with E-state index < -0.39 is 40.6 Å². The summed E-state index contributed by atoms with van der Waals surface area (Å²) in [6.45, 7) is 3.16. The van der Waals surface area contributed by atoms with Gasteiger partial charge in [-0.1, -0.05) is 0 Å². The van der Waals surface area contributed by atoms with E-state index in [1.165, 1.54) is 12.5 Å². The molecule has 3 aliphatic heterocycles. The summed E-state index contributed by atoms with van der Waals surface area (Å²) >= 11 is 0.969. The first-order valence-electron chi connectivity index (χ1n) is 11.6. The number of anilines is 2. The summed E-state index contributed by atoms with van der Waals surface area (Å²) in [5, 5.41) is 11.4. The summed E-state index contributed by atoms with van der Waals surface area (Å²) in [6, 6.07) is 2.36. The third-order valence-corrected chi connectivity index (χ3v) is 7.98. The van der Waals surface area contributed by atoms with Crippen LogP contribution in [0.5, 0.6) is 0 Å². The molecule has 2 atom stereocenters. The van der Waals surface area contributed by atoms with Crippen LogP contribution in [0.4, 0.5) is 11.4 Å². The van der Waals surface area contributed by atoms with Gasteiger partial charge in [0.2, 0.25) is 17.7 Å². The number of nitrogens with one attached hydrogen (secondary N) is 1. The van der Waals surface area contributed by atoms with Crippen LogP contribution >= 0.6 is 11.8 Å². The molecular weight excluding hydrogens is 474 g/mol. The minimum Gasteiger partial charge on any atom is -0.480 e. The number of hydrogen-bond donors (Lipinski definition) is 2. The van der Waals surface area contributed by atoms with Crippen LogP contribution in [0.2, 0.25) is 0 Å². The lowest BCUT2D eigenvalue weighted by Gasteiger charge is -2.37. The van der Waals surface area contributed by atoms with E-state index >= 15 is 0 Å². The van der Waals surface area contributed by atoms with Crippen molar-refractivity contribution >= 4 is 57.8 Å². The Balaban J connectivity index is 1.44. The number of carboxylic acid groups (broad SMARTS) is 1. The predicted molar refractivity (Wildman–Crippen MR) is 130 cm³/mol. The molecule has 1 fully saturated rings. The fraction of sp³-hybridized carbons (Fsp3) is 0.458. The Morgan fingerprint density at radius 3 is 2.66 bits per heavy atom. The monoisotopic (exact) mass is 499 g/mol. The Labute approximate surface area is 204 Å². The maximum Gasteiger partial charge on any atom is 0.360 e. The molecule has 11 heteroatoms. The molecule has 1 aromatic heterocycles. The lowest BCUT2D eigenvalue weighted by atomic mass is 9.90. The number of carboxylic acids is 1. The van der Waals surface area contributed by atoms with Crippen molar-refractivity contribution in [3.8, 4) is 0 Å². The highest BCUT2D eigenvalue weighted by Gasteiger charge is 2.42. The average Bonchev–Trinajstić information content (AvgIpc) is 3.09. The Kier molecular flexibility index (Phi) is 6.04. The van der Waals surface area contributed by atoms with Crippen LogP contribution in [-0.4, -0.2) is 58.9 Å². The van der Waals surface area contributed by atoms with Gasteiger partial charge < -0.3 is 19.7 Å². The minimum atomic E-state index is -1.23. The summed E-state index contributed by atoms with van der Waals surface area (Å²) in [5.41, 5.74) is 2.98. The number of hydrogen-bond acceptors (Lipinski definition) is 8. The second kappa shape index (κ2) is 9.03. The van der Waals surface area contributed by atoms with Gasteiger partial charge in [0.1, 0.15) is 17.3 Å². The predicted octanol–water partition coefficient (Wildman–Crippen LogP) is 1.45. The number of aliphatic carboxylic acids is 1. The molecule has 3 aliphatic rings. The molecule has 1 unspecified atom stereocenters. The first-order chi connectivity index (χ1) is 16.7. The molecule has 1 aromatic carbocycles. The van der Waals surface area contributed by atoms with Gasteiger partial charge in [-0.3, -0.25) is 14.4 Å². The van der Waals surface area contributed by atoms with Gasteiger partial charge in [-0.05, 0) is 43.4 Å². The van der Waals surface area contributed by atoms with Crippen LogP contribution in [0, 0.1) is 0 Å². The summed E-state index contributed by atoms with van der Waals surface area (Å²) in [4.78, 5) is 64.6. The van der Waals surface area contributed by atoms with Gasteiger partial charge in [0.25, 0.3) is 0 Å². The second-order valence-corrected chi connectivity index (χ2v) is 10.3. The van der Waals surface area contributed by atoms with E-state index in [1.54, 1.807) is 6.07 Å². The van der Waals surface area contributed by atoms with E-state index in [0.29, 0.717) is 11.0 Å². The Morgan fingerprint density at radius 1 is 1.20 bits per heavy atom. The average molecular weight is 500 g/mol. The zero-order chi connectivity index (χ0) is 24.9. The molecular formula is C24H25N3O7S. The third-order valence-electron chi connectivity index (χ3n) is 6.68. The van der Waals surface area contributed by atoms with Crippen LogP contribution in [0.3, 0.4) is 0 Å². The Bertz CT molecular complexity index is 1320. The maximum atomic E-state index is 13.1. The van der Waals surface area contributed by atoms with E-state index in [1.807, 2.05) is 6.07 Å². The minimum absolute atomic E-state index is 0.0925. The number of thioether (sulfide) groups is 1. The van der Waals surface area contributed by atoms with Gasteiger partial charge in [0.15, 0.2) is 0 Å². The van der Waals surface area contributed by atoms with Crippen LogP contribution in [0.1, 0.15) is 37.3 Å². The van der Waals surface area contributed by atoms with E-state index in [9.17, 15) is 29.1 Å². The van der Waals surface area contributed by atoms with Crippen molar-refractivity contribution < 1.29 is 28.7 Å². The van der Waals surface area contributed by atoms with Gasteiger partial charge in [0.05, 0.1) is 5.25 Å². The largest absolute Gasteiger partial charge is 0.480 e. The highest BCUT2D eigenvalue weighted by molar-refractivity contribution is 8.00. The Hall–Kier alpha value is -3.34. The standard InChI is InChI=1S/C24H25N3O7S/c1-12(28)25-16(23(31)32)11-35-18-10-19(29)27(22(18)30)17-9-14-8-13-4-2-6-26-7-3-5-15(20(13)26)21(14)34-24(17)33/h8-9,16,18H,2-7,10-11H2,1H3,(H,25,28)(H,31,32)/t16-,18?/m0/s1. The van der Waals surface area contributed by atoms with Crippen molar-refractivity contribution in [2.24, 2.45) is 0 Å². The summed E-state index contributed by atoms with van der Waals surface area (Å²) < 4.78 is 5.72. The lowest BCUT2D eigenvalue weighted by molar-refractivity contribution is -0.140. The number of carbonyl (C=O) groups excluding carboxylic acids is 3. The summed E-state index contributed by atoms with van der Waals surface area (Å²) in [7, 11) is 0. The molecule has 35 heavy (non-hydrogen) atoms. The number of aryl methyl sites for hydroxylation is 2. The number of fused-ring (bicyclic) bond motifs is 2. The number of amides is 3. The van der Waals surface area contributed by atoms with Crippen molar-refractivity contribution in [1.29, 1.82) is 0 Å². The molecule has 1 saturated heterocycles. The van der Waals surface area contributed by atoms with Gasteiger partial charge in [-0.15, -0.1) is 11.8 Å². The second-order valence-electron chi connectivity index (χ2n) is 9.08. The number of nitrogens with zero attached hydrogens (tertiary/aromatic N) is 2. The lowest BCUT2D eigenvalue weighted by Crippen LogP contribution is -2.42. The fourth-order valence-electron chi connectivity index (χ4n) is 5.21. The van der Waals surface area contributed by atoms with Crippen molar-refractivity contribution in [2.75, 3.05) is 28.6 Å². The van der Waals surface area contributed by atoms with E-state index in [2.05, 4.69) is 10.2 Å². The quantitative estimate of drug-likeness (QED) is 0.447. The van der Waals surface area contributed by atoms with Crippen LogP contribution < -0.4 is 20.7 Å². The van der Waals surface area contributed by atoms with E-state index in [4.69, 9.17) is 4.42 Å². The molecule has 3 amide bonds. The van der Waals surface area contributed by atoms with Gasteiger partial charge in [-0.25, -0.2) is 14.5 Å². The van der Waals surface area contributed by atoms with E-state index in [0.717, 1.165) is 66.7 Å². The highest BCUT2D eigenvalue weighted by Crippen LogP contribution is 2.40. The molecule has 0 radical (unpaired) electrons. The SMILES string of the molecule is CC(=O)N[C@@H](CSC1CC(=O)N(c2cc3cc4c5c(c3oc2=O)CCCN5CCC4)C1=O)C(=O)O.